The highest BCUT2D eigenvalue weighted by molar-refractivity contribution is 7.13. The molecule has 1 fully saturated rings. The molecule has 0 bridgehead atoms. The summed E-state index contributed by atoms with van der Waals surface area (Å²) in [5.74, 6) is -0.514. The molecule has 0 saturated carbocycles. The quantitative estimate of drug-likeness (QED) is 0.657. The van der Waals surface area contributed by atoms with Crippen molar-refractivity contribution in [3.63, 3.8) is 0 Å². The lowest BCUT2D eigenvalue weighted by atomic mass is 9.90. The number of nitrogens with one attached hydrogen (secondary N) is 1. The van der Waals surface area contributed by atoms with E-state index in [0.29, 0.717) is 31.1 Å². The van der Waals surface area contributed by atoms with Crippen LogP contribution in [0.25, 0.3) is 0 Å². The Hall–Kier alpha value is -1.51. The third-order valence-corrected chi connectivity index (χ3v) is 6.09. The van der Waals surface area contributed by atoms with Crippen molar-refractivity contribution in [2.24, 2.45) is 0 Å². The van der Waals surface area contributed by atoms with Crippen LogP contribution in [0.2, 0.25) is 0 Å². The summed E-state index contributed by atoms with van der Waals surface area (Å²) >= 11 is 1.49. The lowest BCUT2D eigenvalue weighted by Crippen LogP contribution is -2.54. The van der Waals surface area contributed by atoms with Gasteiger partial charge in [-0.2, -0.15) is 0 Å². The molecular formula is C17H25N3O4S. The number of aromatic nitrogens is 1. The number of carbonyl (C=O) groups is 2. The molecule has 1 aromatic rings. The van der Waals surface area contributed by atoms with Crippen LogP contribution in [0.4, 0.5) is 0 Å². The number of nitrogens with zero attached hydrogens (tertiary/aromatic N) is 2. The summed E-state index contributed by atoms with van der Waals surface area (Å²) in [6.07, 6.45) is 5.14. The number of hydrogen-bond acceptors (Lipinski definition) is 6. The molecule has 1 aliphatic carbocycles. The van der Waals surface area contributed by atoms with E-state index in [-0.39, 0.29) is 25.4 Å². The maximum atomic E-state index is 12.7. The first-order valence-corrected chi connectivity index (χ1v) is 9.74. The first-order valence-electron chi connectivity index (χ1n) is 8.93. The molecule has 0 unspecified atom stereocenters. The van der Waals surface area contributed by atoms with Crippen molar-refractivity contribution >= 4 is 23.2 Å². The fraction of sp³-hybridized carbons (Fsp3) is 0.706. The molecule has 0 radical (unpaired) electrons. The Labute approximate surface area is 151 Å². The van der Waals surface area contributed by atoms with E-state index < -0.39 is 11.5 Å². The molecule has 0 atom stereocenters. The van der Waals surface area contributed by atoms with Crippen LogP contribution >= 0.6 is 11.3 Å². The van der Waals surface area contributed by atoms with Crippen LogP contribution in [0.5, 0.6) is 0 Å². The van der Waals surface area contributed by atoms with E-state index in [1.807, 2.05) is 0 Å². The van der Waals surface area contributed by atoms with Crippen LogP contribution in [-0.4, -0.2) is 63.8 Å². The van der Waals surface area contributed by atoms with Crippen molar-refractivity contribution in [2.75, 3.05) is 26.2 Å². The van der Waals surface area contributed by atoms with Gasteiger partial charge >= 0.3 is 0 Å². The van der Waals surface area contributed by atoms with E-state index in [4.69, 9.17) is 5.11 Å². The number of thiazole rings is 1. The lowest BCUT2D eigenvalue weighted by molar-refractivity contribution is -0.144. The summed E-state index contributed by atoms with van der Waals surface area (Å²) in [6.45, 7) is 1.02. The SMILES string of the molecule is O=C(c1nc2c(s1)CCCC2)N1CCC(O)(C(=O)NCCCO)CC1. The molecule has 2 aliphatic rings. The first-order chi connectivity index (χ1) is 12.0. The zero-order valence-corrected chi connectivity index (χ0v) is 15.1. The van der Waals surface area contributed by atoms with Gasteiger partial charge in [-0.3, -0.25) is 9.59 Å². The Morgan fingerprint density at radius 3 is 2.64 bits per heavy atom. The average molecular weight is 367 g/mol. The molecule has 0 spiro atoms. The molecule has 138 valence electrons. The maximum Gasteiger partial charge on any atom is 0.282 e. The molecule has 1 saturated heterocycles. The summed E-state index contributed by atoms with van der Waals surface area (Å²) in [6, 6.07) is 0. The molecule has 1 aromatic heterocycles. The number of aryl methyl sites for hydroxylation is 2. The highest BCUT2D eigenvalue weighted by Crippen LogP contribution is 2.29. The number of amides is 2. The number of aliphatic hydroxyl groups is 2. The molecular weight excluding hydrogens is 342 g/mol. The summed E-state index contributed by atoms with van der Waals surface area (Å²) in [4.78, 5) is 32.2. The van der Waals surface area contributed by atoms with Crippen LogP contribution in [0, 0.1) is 0 Å². The Kier molecular flexibility index (Phi) is 5.71. The minimum Gasteiger partial charge on any atom is -0.396 e. The third-order valence-electron chi connectivity index (χ3n) is 4.95. The van der Waals surface area contributed by atoms with Crippen LogP contribution < -0.4 is 5.32 Å². The van der Waals surface area contributed by atoms with Gasteiger partial charge in [-0.25, -0.2) is 4.98 Å². The van der Waals surface area contributed by atoms with Crippen molar-refractivity contribution in [3.8, 4) is 0 Å². The van der Waals surface area contributed by atoms with Gasteiger partial charge in [0.2, 0.25) is 0 Å². The molecule has 3 rings (SSSR count). The number of hydrogen-bond donors (Lipinski definition) is 3. The Balaban J connectivity index is 1.57. The molecule has 2 heterocycles. The molecule has 3 N–H and O–H groups in total. The summed E-state index contributed by atoms with van der Waals surface area (Å²) in [5, 5.41) is 22.4. The smallest absolute Gasteiger partial charge is 0.282 e. The minimum atomic E-state index is -1.44. The van der Waals surface area contributed by atoms with E-state index in [9.17, 15) is 14.7 Å². The predicted molar refractivity (Wildman–Crippen MR) is 93.6 cm³/mol. The van der Waals surface area contributed by atoms with E-state index in [0.717, 1.165) is 31.4 Å². The number of piperidine rings is 1. The minimum absolute atomic E-state index is 0.00121. The predicted octanol–water partition coefficient (Wildman–Crippen LogP) is 0.488. The van der Waals surface area contributed by atoms with Gasteiger partial charge in [0.25, 0.3) is 11.8 Å². The van der Waals surface area contributed by atoms with Gasteiger partial charge in [-0.05, 0) is 32.1 Å². The Bertz CT molecular complexity index is 614. The highest BCUT2D eigenvalue weighted by Gasteiger charge is 2.40. The maximum absolute atomic E-state index is 12.7. The van der Waals surface area contributed by atoms with Crippen LogP contribution in [0.3, 0.4) is 0 Å². The summed E-state index contributed by atoms with van der Waals surface area (Å²) in [5.41, 5.74) is -0.370. The second-order valence-corrected chi connectivity index (χ2v) is 7.84. The molecule has 8 heteroatoms. The van der Waals surface area contributed by atoms with Gasteiger partial charge in [0.1, 0.15) is 5.60 Å². The second kappa shape index (κ2) is 7.80. The molecule has 7 nitrogen and oxygen atoms in total. The molecule has 25 heavy (non-hydrogen) atoms. The van der Waals surface area contributed by atoms with E-state index in [1.165, 1.54) is 16.2 Å². The van der Waals surface area contributed by atoms with E-state index in [1.54, 1.807) is 4.90 Å². The van der Waals surface area contributed by atoms with Crippen LogP contribution in [0.15, 0.2) is 0 Å². The van der Waals surface area contributed by atoms with Crippen molar-refractivity contribution in [3.05, 3.63) is 15.6 Å². The number of carbonyl (C=O) groups excluding carboxylic acids is 2. The van der Waals surface area contributed by atoms with Gasteiger partial charge in [-0.15, -0.1) is 11.3 Å². The number of aliphatic hydroxyl groups excluding tert-OH is 1. The monoisotopic (exact) mass is 367 g/mol. The van der Waals surface area contributed by atoms with Gasteiger partial charge in [0, 0.05) is 44.0 Å². The van der Waals surface area contributed by atoms with Gasteiger partial charge < -0.3 is 20.4 Å². The van der Waals surface area contributed by atoms with Crippen LogP contribution in [0.1, 0.15) is 52.5 Å². The standard InChI is InChI=1S/C17H25N3O4S/c21-11-3-8-18-16(23)17(24)6-9-20(10-7-17)15(22)14-19-12-4-1-2-5-13(12)25-14/h21,24H,1-11H2,(H,18,23). The highest BCUT2D eigenvalue weighted by atomic mass is 32.1. The fourth-order valence-electron chi connectivity index (χ4n) is 3.33. The van der Waals surface area contributed by atoms with E-state index in [2.05, 4.69) is 10.3 Å². The van der Waals surface area contributed by atoms with Gasteiger partial charge in [0.15, 0.2) is 5.01 Å². The van der Waals surface area contributed by atoms with Crippen LogP contribution in [-0.2, 0) is 17.6 Å². The topological polar surface area (TPSA) is 103 Å². The third kappa shape index (κ3) is 4.02. The molecule has 2 amide bonds. The summed E-state index contributed by atoms with van der Waals surface area (Å²) < 4.78 is 0. The fourth-order valence-corrected chi connectivity index (χ4v) is 4.45. The zero-order valence-electron chi connectivity index (χ0n) is 14.3. The van der Waals surface area contributed by atoms with Crippen molar-refractivity contribution in [1.82, 2.24) is 15.2 Å². The van der Waals surface area contributed by atoms with Crippen molar-refractivity contribution < 1.29 is 19.8 Å². The average Bonchev–Trinajstić information content (AvgIpc) is 3.06. The summed E-state index contributed by atoms with van der Waals surface area (Å²) in [7, 11) is 0. The Morgan fingerprint density at radius 1 is 1.24 bits per heavy atom. The largest absolute Gasteiger partial charge is 0.396 e. The lowest BCUT2D eigenvalue weighted by Gasteiger charge is -2.36. The second-order valence-electron chi connectivity index (χ2n) is 6.75. The number of likely N-dealkylation sites (tertiary alicyclic amines) is 1. The molecule has 1 aliphatic heterocycles. The number of fused-ring (bicyclic) bond motifs is 1. The Morgan fingerprint density at radius 2 is 1.96 bits per heavy atom. The normalized spacial score (nSPS) is 19.4. The van der Waals surface area contributed by atoms with E-state index >= 15 is 0 Å². The van der Waals surface area contributed by atoms with Gasteiger partial charge in [0.05, 0.1) is 5.69 Å². The zero-order chi connectivity index (χ0) is 17.9. The molecule has 0 aromatic carbocycles. The first kappa shape index (κ1) is 18.3. The number of rotatable bonds is 5. The van der Waals surface area contributed by atoms with Crippen molar-refractivity contribution in [1.29, 1.82) is 0 Å². The van der Waals surface area contributed by atoms with Crippen molar-refractivity contribution in [2.45, 2.75) is 50.5 Å². The van der Waals surface area contributed by atoms with Gasteiger partial charge in [-0.1, -0.05) is 0 Å².